The summed E-state index contributed by atoms with van der Waals surface area (Å²) in [7, 11) is 1.56. The molecule has 0 radical (unpaired) electrons. The molecule has 0 aliphatic carbocycles. The fourth-order valence-electron chi connectivity index (χ4n) is 5.00. The van der Waals surface area contributed by atoms with Gasteiger partial charge < -0.3 is 15.0 Å². The molecule has 5 rings (SSSR count). The van der Waals surface area contributed by atoms with Crippen LogP contribution in [0.2, 0.25) is 0 Å². The van der Waals surface area contributed by atoms with E-state index >= 15 is 0 Å². The van der Waals surface area contributed by atoms with Crippen molar-refractivity contribution in [1.29, 1.82) is 0 Å². The van der Waals surface area contributed by atoms with Crippen LogP contribution in [-0.4, -0.2) is 97.8 Å². The number of aromatic nitrogens is 2. The van der Waals surface area contributed by atoms with Gasteiger partial charge in [0.15, 0.2) is 0 Å². The van der Waals surface area contributed by atoms with Gasteiger partial charge in [-0.3, -0.25) is 14.6 Å². The lowest BCUT2D eigenvalue weighted by Crippen LogP contribution is -2.59. The normalized spacial score (nSPS) is 30.4. The molecule has 154 valence electrons. The van der Waals surface area contributed by atoms with Crippen LogP contribution in [0.5, 0.6) is 0 Å². The van der Waals surface area contributed by atoms with E-state index in [1.165, 1.54) is 25.9 Å². The number of piperidine rings is 3. The Morgan fingerprint density at radius 1 is 1.21 bits per heavy atom. The van der Waals surface area contributed by atoms with Crippen molar-refractivity contribution in [2.45, 2.75) is 18.9 Å². The van der Waals surface area contributed by atoms with Gasteiger partial charge in [0.05, 0.1) is 0 Å². The van der Waals surface area contributed by atoms with Gasteiger partial charge in [0.2, 0.25) is 11.9 Å². The van der Waals surface area contributed by atoms with Crippen molar-refractivity contribution in [3.05, 3.63) is 18.5 Å². The fourth-order valence-corrected chi connectivity index (χ4v) is 5.00. The van der Waals surface area contributed by atoms with Crippen LogP contribution >= 0.6 is 0 Å². The van der Waals surface area contributed by atoms with Gasteiger partial charge in [0.25, 0.3) is 0 Å². The van der Waals surface area contributed by atoms with E-state index in [4.69, 9.17) is 4.74 Å². The first kappa shape index (κ1) is 19.5. The van der Waals surface area contributed by atoms with Gasteiger partial charge in [0.1, 0.15) is 6.61 Å². The number of nitrogens with one attached hydrogen (secondary N) is 1. The average Bonchev–Trinajstić information content (AvgIpc) is 2.74. The summed E-state index contributed by atoms with van der Waals surface area (Å²) in [6, 6.07) is 2.35. The zero-order valence-electron chi connectivity index (χ0n) is 16.8. The number of carbonyl (C=O) groups excluding carboxylic acids is 1. The average molecular weight is 389 g/mol. The Balaban J connectivity index is 1.22. The summed E-state index contributed by atoms with van der Waals surface area (Å²) in [4.78, 5) is 27.9. The van der Waals surface area contributed by atoms with E-state index in [9.17, 15) is 4.79 Å². The maximum absolute atomic E-state index is 11.7. The zero-order valence-corrected chi connectivity index (χ0v) is 16.8. The van der Waals surface area contributed by atoms with Crippen LogP contribution in [0.4, 0.5) is 5.95 Å². The van der Waals surface area contributed by atoms with E-state index in [0.29, 0.717) is 6.04 Å². The smallest absolute Gasteiger partial charge is 0.246 e. The Hall–Kier alpha value is -1.77. The van der Waals surface area contributed by atoms with Crippen molar-refractivity contribution in [2.24, 2.45) is 11.8 Å². The van der Waals surface area contributed by atoms with E-state index in [1.54, 1.807) is 7.11 Å². The molecule has 1 aromatic rings. The number of amides is 1. The van der Waals surface area contributed by atoms with Crippen LogP contribution in [0.1, 0.15) is 12.8 Å². The number of nitrogens with zero attached hydrogens (tertiary/aromatic N) is 5. The van der Waals surface area contributed by atoms with Crippen molar-refractivity contribution in [3.8, 4) is 0 Å². The Morgan fingerprint density at radius 3 is 2.68 bits per heavy atom. The lowest BCUT2D eigenvalue weighted by Gasteiger charge is -2.51. The summed E-state index contributed by atoms with van der Waals surface area (Å²) in [6.45, 7) is 8.59. The molecule has 1 N–H and O–H groups in total. The lowest BCUT2D eigenvalue weighted by molar-refractivity contribution is -0.125. The minimum absolute atomic E-state index is 0.0121. The van der Waals surface area contributed by atoms with Crippen molar-refractivity contribution in [2.75, 3.05) is 71.0 Å². The highest BCUT2D eigenvalue weighted by Crippen LogP contribution is 2.36. The second-order valence-electron chi connectivity index (χ2n) is 8.27. The van der Waals surface area contributed by atoms with Gasteiger partial charge in [-0.1, -0.05) is 0 Å². The molecule has 4 aliphatic rings. The molecule has 5 heterocycles. The number of fused-ring (bicyclic) bond motifs is 3. The van der Waals surface area contributed by atoms with Gasteiger partial charge in [-0.25, -0.2) is 9.97 Å². The number of ether oxygens (including phenoxy) is 1. The molecule has 8 heteroatoms. The van der Waals surface area contributed by atoms with Crippen molar-refractivity contribution < 1.29 is 9.53 Å². The minimum atomic E-state index is -0.0121. The minimum Gasteiger partial charge on any atom is -0.375 e. The monoisotopic (exact) mass is 388 g/mol. The van der Waals surface area contributed by atoms with Crippen LogP contribution in [0, 0.1) is 11.8 Å². The third-order valence-electron chi connectivity index (χ3n) is 6.52. The summed E-state index contributed by atoms with van der Waals surface area (Å²) in [5.74, 6) is 2.37. The predicted molar refractivity (Wildman–Crippen MR) is 107 cm³/mol. The first-order valence-corrected chi connectivity index (χ1v) is 10.5. The predicted octanol–water partition coefficient (Wildman–Crippen LogP) is 0.0716. The highest BCUT2D eigenvalue weighted by atomic mass is 16.5. The number of rotatable bonds is 7. The SMILES string of the molecule is COCC(=O)NCC1CC2CCN1CC2CN1CCN(c2ncccn2)CC1. The van der Waals surface area contributed by atoms with E-state index in [2.05, 4.69) is 30.0 Å². The van der Waals surface area contributed by atoms with Gasteiger partial charge >= 0.3 is 0 Å². The maximum Gasteiger partial charge on any atom is 0.246 e. The molecule has 8 nitrogen and oxygen atoms in total. The molecular formula is C20H32N6O2. The largest absolute Gasteiger partial charge is 0.375 e. The number of piperazine rings is 1. The molecule has 4 atom stereocenters. The third-order valence-corrected chi connectivity index (χ3v) is 6.52. The number of hydrogen-bond acceptors (Lipinski definition) is 7. The molecule has 28 heavy (non-hydrogen) atoms. The first-order chi connectivity index (χ1) is 13.7. The maximum atomic E-state index is 11.7. The molecule has 4 saturated heterocycles. The standard InChI is InChI=1S/C20H32N6O2/c1-28-15-19(27)23-12-18-11-16-3-6-26(18)14-17(16)13-24-7-9-25(10-8-24)20-21-4-2-5-22-20/h2,4-5,16-18H,3,6-15H2,1H3,(H,23,27). The fraction of sp³-hybridized carbons (Fsp3) is 0.750. The first-order valence-electron chi connectivity index (χ1n) is 10.5. The summed E-state index contributed by atoms with van der Waals surface area (Å²) >= 11 is 0. The Kier molecular flexibility index (Phi) is 6.39. The second kappa shape index (κ2) is 9.15. The van der Waals surface area contributed by atoms with E-state index in [1.807, 2.05) is 18.5 Å². The molecule has 0 aromatic carbocycles. The number of anilines is 1. The molecule has 2 bridgehead atoms. The third kappa shape index (κ3) is 4.61. The van der Waals surface area contributed by atoms with Gasteiger partial charge in [-0.2, -0.15) is 0 Å². The van der Waals surface area contributed by atoms with Crippen LogP contribution in [0.3, 0.4) is 0 Å². The Morgan fingerprint density at radius 2 is 2.00 bits per heavy atom. The Labute approximate surface area is 167 Å². The second-order valence-corrected chi connectivity index (χ2v) is 8.27. The molecule has 4 unspecified atom stereocenters. The molecule has 0 spiro atoms. The Bertz CT molecular complexity index is 637. The van der Waals surface area contributed by atoms with Crippen LogP contribution in [0.15, 0.2) is 18.5 Å². The molecule has 4 fully saturated rings. The van der Waals surface area contributed by atoms with E-state index in [-0.39, 0.29) is 12.5 Å². The molecule has 4 aliphatic heterocycles. The summed E-state index contributed by atoms with van der Waals surface area (Å²) in [5, 5.41) is 3.02. The van der Waals surface area contributed by atoms with E-state index < -0.39 is 0 Å². The quantitative estimate of drug-likeness (QED) is 0.709. The van der Waals surface area contributed by atoms with Crippen LogP contribution in [0.25, 0.3) is 0 Å². The number of hydrogen-bond donors (Lipinski definition) is 1. The summed E-state index contributed by atoms with van der Waals surface area (Å²) < 4.78 is 4.90. The van der Waals surface area contributed by atoms with Crippen LogP contribution < -0.4 is 10.2 Å². The van der Waals surface area contributed by atoms with E-state index in [0.717, 1.165) is 57.1 Å². The van der Waals surface area contributed by atoms with Crippen LogP contribution in [-0.2, 0) is 9.53 Å². The topological polar surface area (TPSA) is 73.8 Å². The zero-order chi connectivity index (χ0) is 19.3. The molecule has 0 saturated carbocycles. The van der Waals surface area contributed by atoms with Gasteiger partial charge in [-0.05, 0) is 37.3 Å². The molecule has 1 amide bonds. The highest BCUT2D eigenvalue weighted by molar-refractivity contribution is 5.77. The number of carbonyl (C=O) groups is 1. The van der Waals surface area contributed by atoms with Crippen molar-refractivity contribution in [1.82, 2.24) is 25.1 Å². The van der Waals surface area contributed by atoms with Gasteiger partial charge in [-0.15, -0.1) is 0 Å². The highest BCUT2D eigenvalue weighted by Gasteiger charge is 2.40. The van der Waals surface area contributed by atoms with Gasteiger partial charge in [0, 0.05) is 71.4 Å². The summed E-state index contributed by atoms with van der Waals surface area (Å²) in [5.41, 5.74) is 0. The lowest BCUT2D eigenvalue weighted by atomic mass is 9.75. The molecular weight excluding hydrogens is 356 g/mol. The summed E-state index contributed by atoms with van der Waals surface area (Å²) in [6.07, 6.45) is 6.13. The van der Waals surface area contributed by atoms with Crippen molar-refractivity contribution in [3.63, 3.8) is 0 Å². The number of methoxy groups -OCH3 is 1. The molecule has 1 aromatic heterocycles. The van der Waals surface area contributed by atoms with Crippen molar-refractivity contribution >= 4 is 11.9 Å².